The van der Waals surface area contributed by atoms with Gasteiger partial charge in [-0.1, -0.05) is 23.7 Å². The minimum absolute atomic E-state index is 0.253. The number of nitrogen functional groups attached to an aromatic ring is 1. The van der Waals surface area contributed by atoms with E-state index in [2.05, 4.69) is 0 Å². The van der Waals surface area contributed by atoms with Crippen LogP contribution in [0.25, 0.3) is 0 Å². The SMILES string of the molecule is CCN(c1cc(Cl)c(N)cc1C)c1ccccc1F. The van der Waals surface area contributed by atoms with Crippen molar-refractivity contribution < 1.29 is 4.39 Å². The van der Waals surface area contributed by atoms with Gasteiger partial charge in [0.25, 0.3) is 0 Å². The Morgan fingerprint density at radius 3 is 2.53 bits per heavy atom. The average Bonchev–Trinajstić information content (AvgIpc) is 2.38. The number of para-hydroxylation sites is 1. The van der Waals surface area contributed by atoms with Gasteiger partial charge in [-0.25, -0.2) is 4.39 Å². The molecule has 0 heterocycles. The summed E-state index contributed by atoms with van der Waals surface area (Å²) in [6.45, 7) is 4.55. The van der Waals surface area contributed by atoms with Crippen LogP contribution < -0.4 is 10.6 Å². The summed E-state index contributed by atoms with van der Waals surface area (Å²) in [6, 6.07) is 10.3. The van der Waals surface area contributed by atoms with E-state index in [9.17, 15) is 4.39 Å². The summed E-state index contributed by atoms with van der Waals surface area (Å²) in [5.74, 6) is -0.253. The zero-order valence-electron chi connectivity index (χ0n) is 11.0. The van der Waals surface area contributed by atoms with E-state index in [0.717, 1.165) is 11.3 Å². The Labute approximate surface area is 117 Å². The fourth-order valence-electron chi connectivity index (χ4n) is 2.13. The van der Waals surface area contributed by atoms with Gasteiger partial charge in [0.05, 0.1) is 16.4 Å². The van der Waals surface area contributed by atoms with Crippen molar-refractivity contribution in [3.05, 3.63) is 52.8 Å². The number of aryl methyl sites for hydroxylation is 1. The molecule has 0 fully saturated rings. The van der Waals surface area contributed by atoms with Crippen molar-refractivity contribution in [2.24, 2.45) is 0 Å². The molecule has 2 aromatic carbocycles. The van der Waals surface area contributed by atoms with Gasteiger partial charge in [0.2, 0.25) is 0 Å². The molecule has 0 unspecified atom stereocenters. The number of anilines is 3. The van der Waals surface area contributed by atoms with Gasteiger partial charge in [-0.05, 0) is 43.7 Å². The summed E-state index contributed by atoms with van der Waals surface area (Å²) < 4.78 is 13.9. The van der Waals surface area contributed by atoms with Gasteiger partial charge in [-0.2, -0.15) is 0 Å². The predicted octanol–water partition coefficient (Wildman–Crippen LogP) is 4.53. The Morgan fingerprint density at radius 1 is 1.21 bits per heavy atom. The minimum atomic E-state index is -0.253. The van der Waals surface area contributed by atoms with Crippen molar-refractivity contribution in [3.8, 4) is 0 Å². The molecule has 19 heavy (non-hydrogen) atoms. The number of nitrogens with zero attached hydrogens (tertiary/aromatic N) is 1. The molecule has 0 aromatic heterocycles. The summed E-state index contributed by atoms with van der Waals surface area (Å²) >= 11 is 6.07. The first-order valence-corrected chi connectivity index (χ1v) is 6.50. The first-order valence-electron chi connectivity index (χ1n) is 6.12. The van der Waals surface area contributed by atoms with Crippen molar-refractivity contribution in [1.29, 1.82) is 0 Å². The number of halogens is 2. The van der Waals surface area contributed by atoms with Crippen molar-refractivity contribution >= 4 is 28.7 Å². The van der Waals surface area contributed by atoms with Gasteiger partial charge >= 0.3 is 0 Å². The van der Waals surface area contributed by atoms with Crippen LogP contribution in [0.3, 0.4) is 0 Å². The van der Waals surface area contributed by atoms with Crippen LogP contribution >= 0.6 is 11.6 Å². The Balaban J connectivity index is 2.55. The van der Waals surface area contributed by atoms with Crippen molar-refractivity contribution in [1.82, 2.24) is 0 Å². The van der Waals surface area contributed by atoms with Crippen molar-refractivity contribution in [2.75, 3.05) is 17.2 Å². The van der Waals surface area contributed by atoms with Crippen LogP contribution in [0.15, 0.2) is 36.4 Å². The molecule has 0 aliphatic rings. The molecule has 0 saturated carbocycles. The van der Waals surface area contributed by atoms with E-state index in [0.29, 0.717) is 22.9 Å². The molecule has 4 heteroatoms. The van der Waals surface area contributed by atoms with Crippen molar-refractivity contribution in [2.45, 2.75) is 13.8 Å². The van der Waals surface area contributed by atoms with Crippen LogP contribution in [0, 0.1) is 12.7 Å². The van der Waals surface area contributed by atoms with Gasteiger partial charge in [-0.15, -0.1) is 0 Å². The predicted molar refractivity (Wildman–Crippen MR) is 79.7 cm³/mol. The summed E-state index contributed by atoms with van der Waals surface area (Å²) in [6.07, 6.45) is 0. The molecule has 2 nitrogen and oxygen atoms in total. The van der Waals surface area contributed by atoms with Crippen LogP contribution in [-0.2, 0) is 0 Å². The normalized spacial score (nSPS) is 10.5. The van der Waals surface area contributed by atoms with Crippen LogP contribution in [-0.4, -0.2) is 6.54 Å². The Morgan fingerprint density at radius 2 is 1.89 bits per heavy atom. The molecule has 2 rings (SSSR count). The second-order valence-electron chi connectivity index (χ2n) is 4.36. The van der Waals surface area contributed by atoms with Crippen LogP contribution in [0.1, 0.15) is 12.5 Å². The molecule has 0 aliphatic carbocycles. The number of nitrogens with two attached hydrogens (primary N) is 1. The molecular formula is C15H16ClFN2. The average molecular weight is 279 g/mol. The van der Waals surface area contributed by atoms with Gasteiger partial charge < -0.3 is 10.6 Å². The monoisotopic (exact) mass is 278 g/mol. The fraction of sp³-hybridized carbons (Fsp3) is 0.200. The lowest BCUT2D eigenvalue weighted by Crippen LogP contribution is -2.18. The molecule has 2 aromatic rings. The molecule has 0 spiro atoms. The zero-order chi connectivity index (χ0) is 14.0. The first kappa shape index (κ1) is 13.7. The maximum absolute atomic E-state index is 13.9. The Hall–Kier alpha value is -1.74. The van der Waals surface area contributed by atoms with Crippen LogP contribution in [0.4, 0.5) is 21.5 Å². The van der Waals surface area contributed by atoms with E-state index in [4.69, 9.17) is 17.3 Å². The van der Waals surface area contributed by atoms with Gasteiger partial charge in [0.1, 0.15) is 5.82 Å². The molecule has 0 amide bonds. The quantitative estimate of drug-likeness (QED) is 0.836. The maximum Gasteiger partial charge on any atom is 0.146 e. The smallest absolute Gasteiger partial charge is 0.146 e. The topological polar surface area (TPSA) is 29.3 Å². The highest BCUT2D eigenvalue weighted by atomic mass is 35.5. The number of benzene rings is 2. The Bertz CT molecular complexity index is 599. The van der Waals surface area contributed by atoms with E-state index in [1.54, 1.807) is 24.3 Å². The number of hydrogen-bond acceptors (Lipinski definition) is 2. The van der Waals surface area contributed by atoms with E-state index < -0.39 is 0 Å². The number of hydrogen-bond donors (Lipinski definition) is 1. The summed E-state index contributed by atoms with van der Waals surface area (Å²) in [4.78, 5) is 1.88. The van der Waals surface area contributed by atoms with Gasteiger partial charge in [0.15, 0.2) is 0 Å². The van der Waals surface area contributed by atoms with Gasteiger partial charge in [-0.3, -0.25) is 0 Å². The third-order valence-electron chi connectivity index (χ3n) is 3.07. The van der Waals surface area contributed by atoms with E-state index >= 15 is 0 Å². The lowest BCUT2D eigenvalue weighted by atomic mass is 10.1. The van der Waals surface area contributed by atoms with Gasteiger partial charge in [0, 0.05) is 12.2 Å². The van der Waals surface area contributed by atoms with E-state index in [1.165, 1.54) is 6.07 Å². The number of rotatable bonds is 3. The van der Waals surface area contributed by atoms with Crippen LogP contribution in [0.5, 0.6) is 0 Å². The second kappa shape index (κ2) is 5.49. The largest absolute Gasteiger partial charge is 0.398 e. The first-order chi connectivity index (χ1) is 9.04. The lowest BCUT2D eigenvalue weighted by molar-refractivity contribution is 0.625. The third kappa shape index (κ3) is 2.66. The Kier molecular flexibility index (Phi) is 3.96. The molecule has 2 N–H and O–H groups in total. The molecule has 0 saturated heterocycles. The van der Waals surface area contributed by atoms with Crippen molar-refractivity contribution in [3.63, 3.8) is 0 Å². The standard InChI is InChI=1S/C15H16ClFN2/c1-3-19(14-7-5-4-6-12(14)17)15-9-11(16)13(18)8-10(15)2/h4-9H,3,18H2,1-2H3. The molecular weight excluding hydrogens is 263 g/mol. The molecule has 0 bridgehead atoms. The zero-order valence-corrected chi connectivity index (χ0v) is 11.7. The highest BCUT2D eigenvalue weighted by Gasteiger charge is 2.15. The van der Waals surface area contributed by atoms with Crippen LogP contribution in [0.2, 0.25) is 5.02 Å². The highest BCUT2D eigenvalue weighted by molar-refractivity contribution is 6.33. The third-order valence-corrected chi connectivity index (χ3v) is 3.39. The summed E-state index contributed by atoms with van der Waals surface area (Å²) in [5.41, 5.74) is 8.68. The molecule has 100 valence electrons. The summed E-state index contributed by atoms with van der Waals surface area (Å²) in [5, 5.41) is 0.482. The molecule has 0 aliphatic heterocycles. The molecule has 0 radical (unpaired) electrons. The maximum atomic E-state index is 13.9. The lowest BCUT2D eigenvalue weighted by Gasteiger charge is -2.26. The highest BCUT2D eigenvalue weighted by Crippen LogP contribution is 2.34. The van der Waals surface area contributed by atoms with E-state index in [1.807, 2.05) is 24.8 Å². The molecule has 0 atom stereocenters. The summed E-state index contributed by atoms with van der Waals surface area (Å²) in [7, 11) is 0. The second-order valence-corrected chi connectivity index (χ2v) is 4.76. The van der Waals surface area contributed by atoms with E-state index in [-0.39, 0.29) is 5.82 Å². The minimum Gasteiger partial charge on any atom is -0.398 e. The fourth-order valence-corrected chi connectivity index (χ4v) is 2.28.